The van der Waals surface area contributed by atoms with Crippen LogP contribution in [0.3, 0.4) is 0 Å². The molecule has 0 radical (unpaired) electrons. The Kier molecular flexibility index (Phi) is 15.0. The van der Waals surface area contributed by atoms with E-state index < -0.39 is 0 Å². The molecule has 7 nitrogen and oxygen atoms in total. The Hall–Kier alpha value is -7.77. The molecule has 8 aromatic carbocycles. The minimum Gasteiger partial charge on any atom is -0.485 e. The lowest BCUT2D eigenvalue weighted by Crippen LogP contribution is -2.10. The molecule has 0 amide bonds. The standard InChI is InChI=1S/C57H50O7/c58-51(31-49-33-52(59-37-43-19-7-1-8-20-43)56(63-41-47-27-15-5-16-28-47)53(34-49)60-38-44-21-9-2-10-22-44)32-50-35-54(61-39-45-23-11-3-12-24-45)57(64-42-48-29-17-6-18-30-48)55(36-50)62-40-46-25-13-4-14-26-46/h1-30,33-36H,31-32,37-42H2. The van der Waals surface area contributed by atoms with Crippen LogP contribution in [0, 0.1) is 0 Å². The minimum absolute atomic E-state index is 0.0260. The van der Waals surface area contributed by atoms with Gasteiger partial charge in [0.2, 0.25) is 11.5 Å². The number of benzene rings is 8. The van der Waals surface area contributed by atoms with Gasteiger partial charge < -0.3 is 28.4 Å². The quantitative estimate of drug-likeness (QED) is 0.0673. The van der Waals surface area contributed by atoms with Crippen LogP contribution in [0.2, 0.25) is 0 Å². The van der Waals surface area contributed by atoms with E-state index in [1.54, 1.807) is 0 Å². The zero-order valence-corrected chi connectivity index (χ0v) is 35.6. The maximum atomic E-state index is 14.3. The van der Waals surface area contributed by atoms with Gasteiger partial charge in [-0.1, -0.05) is 182 Å². The molecule has 320 valence electrons. The SMILES string of the molecule is O=C(Cc1cc(OCc2ccccc2)c(OCc2ccccc2)c(OCc2ccccc2)c1)Cc1cc(OCc2ccccc2)c(OCc2ccccc2)c(OCc2ccccc2)c1. The van der Waals surface area contributed by atoms with Crippen molar-refractivity contribution in [2.45, 2.75) is 52.5 Å². The molecule has 0 heterocycles. The van der Waals surface area contributed by atoms with Gasteiger partial charge >= 0.3 is 0 Å². The second kappa shape index (κ2) is 22.4. The highest BCUT2D eigenvalue weighted by Gasteiger charge is 2.21. The third kappa shape index (κ3) is 12.6. The average molecular weight is 847 g/mol. The summed E-state index contributed by atoms with van der Waals surface area (Å²) < 4.78 is 39.0. The van der Waals surface area contributed by atoms with Crippen LogP contribution in [0.25, 0.3) is 0 Å². The van der Waals surface area contributed by atoms with Crippen LogP contribution in [0.15, 0.2) is 206 Å². The van der Waals surface area contributed by atoms with E-state index in [-0.39, 0.29) is 18.6 Å². The third-order valence-electron chi connectivity index (χ3n) is 10.4. The number of hydrogen-bond acceptors (Lipinski definition) is 7. The maximum Gasteiger partial charge on any atom is 0.203 e. The van der Waals surface area contributed by atoms with Gasteiger partial charge in [-0.05, 0) is 68.8 Å². The summed E-state index contributed by atoms with van der Waals surface area (Å²) in [5, 5.41) is 0. The van der Waals surface area contributed by atoms with Crippen LogP contribution in [0.5, 0.6) is 34.5 Å². The van der Waals surface area contributed by atoms with Gasteiger partial charge in [0.1, 0.15) is 45.4 Å². The fourth-order valence-corrected chi connectivity index (χ4v) is 7.10. The molecule has 0 aliphatic rings. The van der Waals surface area contributed by atoms with Crippen molar-refractivity contribution < 1.29 is 33.2 Å². The van der Waals surface area contributed by atoms with Crippen LogP contribution in [-0.4, -0.2) is 5.78 Å². The molecule has 8 rings (SSSR count). The molecule has 0 saturated carbocycles. The Morgan fingerprint density at radius 3 is 0.688 bits per heavy atom. The van der Waals surface area contributed by atoms with Crippen molar-refractivity contribution in [3.63, 3.8) is 0 Å². The summed E-state index contributed by atoms with van der Waals surface area (Å²) in [6.07, 6.45) is 0.212. The molecule has 0 aliphatic heterocycles. The van der Waals surface area contributed by atoms with Crippen LogP contribution >= 0.6 is 0 Å². The first kappa shape index (κ1) is 42.9. The third-order valence-corrected chi connectivity index (χ3v) is 10.4. The highest BCUT2D eigenvalue weighted by Crippen LogP contribution is 2.42. The summed E-state index contributed by atoms with van der Waals surface area (Å²) in [5.74, 6) is 2.86. The van der Waals surface area contributed by atoms with E-state index >= 15 is 0 Å². The van der Waals surface area contributed by atoms with Gasteiger partial charge in [0.15, 0.2) is 23.0 Å². The van der Waals surface area contributed by atoms with Crippen molar-refractivity contribution in [1.82, 2.24) is 0 Å². The Morgan fingerprint density at radius 2 is 0.469 bits per heavy atom. The first-order valence-corrected chi connectivity index (χ1v) is 21.5. The lowest BCUT2D eigenvalue weighted by molar-refractivity contribution is -0.117. The predicted octanol–water partition coefficient (Wildman–Crippen LogP) is 12.5. The first-order valence-electron chi connectivity index (χ1n) is 21.5. The monoisotopic (exact) mass is 846 g/mol. The molecule has 8 aromatic rings. The summed E-state index contributed by atoms with van der Waals surface area (Å²) in [4.78, 5) is 14.3. The zero-order valence-electron chi connectivity index (χ0n) is 35.6. The molecular formula is C57H50O7. The van der Waals surface area contributed by atoms with E-state index in [9.17, 15) is 4.79 Å². The molecule has 0 spiro atoms. The number of carbonyl (C=O) groups is 1. The summed E-state index contributed by atoms with van der Waals surface area (Å²) in [7, 11) is 0. The zero-order chi connectivity index (χ0) is 43.6. The van der Waals surface area contributed by atoms with Crippen LogP contribution in [-0.2, 0) is 57.3 Å². The number of Topliss-reactive ketones (excluding diaryl/α,β-unsaturated/α-hetero) is 1. The van der Waals surface area contributed by atoms with Gasteiger partial charge in [-0.25, -0.2) is 0 Å². The van der Waals surface area contributed by atoms with Gasteiger partial charge in [0, 0.05) is 12.8 Å². The minimum atomic E-state index is -0.0260. The first-order chi connectivity index (χ1) is 31.6. The summed E-state index contributed by atoms with van der Waals surface area (Å²) >= 11 is 0. The van der Waals surface area contributed by atoms with Gasteiger partial charge in [0.05, 0.1) is 0 Å². The molecule has 0 N–H and O–H groups in total. The highest BCUT2D eigenvalue weighted by atomic mass is 16.5. The van der Waals surface area contributed by atoms with E-state index in [0.29, 0.717) is 74.1 Å². The molecule has 0 saturated heterocycles. The number of ketones is 1. The lowest BCUT2D eigenvalue weighted by atomic mass is 10.0. The van der Waals surface area contributed by atoms with E-state index in [1.807, 2.05) is 206 Å². The molecule has 64 heavy (non-hydrogen) atoms. The van der Waals surface area contributed by atoms with Gasteiger partial charge in [0.25, 0.3) is 0 Å². The molecular weight excluding hydrogens is 797 g/mol. The molecule has 0 aromatic heterocycles. The average Bonchev–Trinajstić information content (AvgIpc) is 3.35. The van der Waals surface area contributed by atoms with Gasteiger partial charge in [-0.15, -0.1) is 0 Å². The second-order valence-corrected chi connectivity index (χ2v) is 15.4. The summed E-state index contributed by atoms with van der Waals surface area (Å²) in [6.45, 7) is 1.80. The van der Waals surface area contributed by atoms with Crippen molar-refractivity contribution in [1.29, 1.82) is 0 Å². The number of hydrogen-bond donors (Lipinski definition) is 0. The number of rotatable bonds is 22. The molecule has 0 unspecified atom stereocenters. The van der Waals surface area contributed by atoms with E-state index in [1.165, 1.54) is 0 Å². The fourth-order valence-electron chi connectivity index (χ4n) is 7.10. The van der Waals surface area contributed by atoms with Crippen molar-refractivity contribution in [2.75, 3.05) is 0 Å². The van der Waals surface area contributed by atoms with Crippen LogP contribution < -0.4 is 28.4 Å². The van der Waals surface area contributed by atoms with E-state index in [2.05, 4.69) is 0 Å². The van der Waals surface area contributed by atoms with Crippen LogP contribution in [0.4, 0.5) is 0 Å². The van der Waals surface area contributed by atoms with Gasteiger partial charge in [-0.2, -0.15) is 0 Å². The molecule has 0 aliphatic carbocycles. The number of ether oxygens (including phenoxy) is 6. The Labute approximate surface area is 375 Å². The predicted molar refractivity (Wildman–Crippen MR) is 250 cm³/mol. The smallest absolute Gasteiger partial charge is 0.203 e. The Balaban J connectivity index is 1.10. The molecule has 7 heteroatoms. The van der Waals surface area contributed by atoms with Crippen molar-refractivity contribution in [3.8, 4) is 34.5 Å². The topological polar surface area (TPSA) is 72.5 Å². The Bertz CT molecular complexity index is 2340. The second-order valence-electron chi connectivity index (χ2n) is 15.4. The van der Waals surface area contributed by atoms with Crippen molar-refractivity contribution >= 4 is 5.78 Å². The van der Waals surface area contributed by atoms with E-state index in [0.717, 1.165) is 44.5 Å². The molecule has 0 fully saturated rings. The molecule has 0 atom stereocenters. The summed E-state index contributed by atoms with van der Waals surface area (Å²) in [6, 6.07) is 67.3. The molecule has 0 bridgehead atoms. The largest absolute Gasteiger partial charge is 0.485 e. The lowest BCUT2D eigenvalue weighted by Gasteiger charge is -2.20. The number of carbonyl (C=O) groups excluding carboxylic acids is 1. The highest BCUT2D eigenvalue weighted by molar-refractivity contribution is 5.84. The fraction of sp³-hybridized carbons (Fsp3) is 0.140. The van der Waals surface area contributed by atoms with Crippen LogP contribution in [0.1, 0.15) is 44.5 Å². The van der Waals surface area contributed by atoms with E-state index in [4.69, 9.17) is 28.4 Å². The maximum absolute atomic E-state index is 14.3. The normalized spacial score (nSPS) is 10.8. The van der Waals surface area contributed by atoms with Crippen molar-refractivity contribution in [2.24, 2.45) is 0 Å². The Morgan fingerprint density at radius 1 is 0.266 bits per heavy atom. The van der Waals surface area contributed by atoms with Crippen molar-refractivity contribution in [3.05, 3.63) is 251 Å². The van der Waals surface area contributed by atoms with Gasteiger partial charge in [-0.3, -0.25) is 4.79 Å². The summed E-state index contributed by atoms with van der Waals surface area (Å²) in [5.41, 5.74) is 7.45.